The van der Waals surface area contributed by atoms with E-state index in [-0.39, 0.29) is 30.1 Å². The molecular formula is C18H26F3N3O2. The van der Waals surface area contributed by atoms with Gasteiger partial charge in [-0.25, -0.2) is 4.79 Å². The normalized spacial score (nSPS) is 25.8. The Kier molecular flexibility index (Phi) is 4.98. The highest BCUT2D eigenvalue weighted by atomic mass is 19.4. The Morgan fingerprint density at radius 1 is 1.38 bits per heavy atom. The fourth-order valence-corrected chi connectivity index (χ4v) is 4.05. The van der Waals surface area contributed by atoms with Crippen LogP contribution in [-0.4, -0.2) is 42.8 Å². The molecule has 2 heterocycles. The van der Waals surface area contributed by atoms with E-state index in [0.29, 0.717) is 13.0 Å². The molecular weight excluding hydrogens is 347 g/mol. The summed E-state index contributed by atoms with van der Waals surface area (Å²) >= 11 is 0. The van der Waals surface area contributed by atoms with E-state index in [1.165, 1.54) is 4.90 Å². The lowest BCUT2D eigenvalue weighted by Gasteiger charge is -2.34. The minimum atomic E-state index is -4.21. The minimum Gasteiger partial charge on any atom is -0.466 e. The number of halogens is 3. The average Bonchev–Trinajstić information content (AvgIpc) is 3.01. The summed E-state index contributed by atoms with van der Waals surface area (Å²) in [5, 5.41) is 5.80. The molecule has 2 amide bonds. The van der Waals surface area contributed by atoms with Crippen LogP contribution in [-0.2, 0) is 6.42 Å². The lowest BCUT2D eigenvalue weighted by Crippen LogP contribution is -2.46. The SMILES string of the molecule is Cc1cc2c(o1)CC(C)(C)C[C@@H]2NC(=O)N[C@H]1CCN(CC(F)(F)F)C1. The minimum absolute atomic E-state index is 0.00606. The highest BCUT2D eigenvalue weighted by Gasteiger charge is 2.37. The second-order valence-corrected chi connectivity index (χ2v) is 8.29. The third-order valence-corrected chi connectivity index (χ3v) is 5.05. The predicted octanol–water partition coefficient (Wildman–Crippen LogP) is 3.54. The summed E-state index contributed by atoms with van der Waals surface area (Å²) in [7, 11) is 0. The molecule has 0 spiro atoms. The summed E-state index contributed by atoms with van der Waals surface area (Å²) in [6.45, 7) is 5.78. The molecule has 1 aliphatic carbocycles. The summed E-state index contributed by atoms with van der Waals surface area (Å²) in [6, 6.07) is 1.20. The molecule has 1 fully saturated rings. The van der Waals surface area contributed by atoms with Crippen molar-refractivity contribution < 1.29 is 22.4 Å². The van der Waals surface area contributed by atoms with Crippen LogP contribution in [0.2, 0.25) is 0 Å². The molecule has 2 N–H and O–H groups in total. The van der Waals surface area contributed by atoms with Crippen molar-refractivity contribution in [2.45, 2.75) is 58.3 Å². The fraction of sp³-hybridized carbons (Fsp3) is 0.722. The predicted molar refractivity (Wildman–Crippen MR) is 90.9 cm³/mol. The van der Waals surface area contributed by atoms with Crippen LogP contribution in [0.25, 0.3) is 0 Å². The van der Waals surface area contributed by atoms with Crippen molar-refractivity contribution in [3.63, 3.8) is 0 Å². The molecule has 1 aromatic rings. The Labute approximate surface area is 151 Å². The van der Waals surface area contributed by atoms with Crippen LogP contribution >= 0.6 is 0 Å². The first-order valence-electron chi connectivity index (χ1n) is 8.96. The Hall–Kier alpha value is -1.70. The molecule has 2 aliphatic rings. The first-order chi connectivity index (χ1) is 12.0. The molecule has 0 saturated carbocycles. The van der Waals surface area contributed by atoms with Crippen LogP contribution in [0.15, 0.2) is 10.5 Å². The quantitative estimate of drug-likeness (QED) is 0.852. The number of furan rings is 1. The molecule has 0 bridgehead atoms. The van der Waals surface area contributed by atoms with Crippen molar-refractivity contribution in [3.05, 3.63) is 23.2 Å². The molecule has 1 saturated heterocycles. The van der Waals surface area contributed by atoms with Crippen molar-refractivity contribution in [1.82, 2.24) is 15.5 Å². The molecule has 8 heteroatoms. The molecule has 26 heavy (non-hydrogen) atoms. The fourth-order valence-electron chi connectivity index (χ4n) is 4.05. The van der Waals surface area contributed by atoms with Crippen LogP contribution in [0.3, 0.4) is 0 Å². The lowest BCUT2D eigenvalue weighted by molar-refractivity contribution is -0.143. The van der Waals surface area contributed by atoms with Crippen LogP contribution in [0.5, 0.6) is 0 Å². The van der Waals surface area contributed by atoms with Crippen LogP contribution in [0.4, 0.5) is 18.0 Å². The van der Waals surface area contributed by atoms with Gasteiger partial charge in [-0.05, 0) is 31.2 Å². The molecule has 5 nitrogen and oxygen atoms in total. The number of urea groups is 1. The maximum absolute atomic E-state index is 12.5. The first kappa shape index (κ1) is 19.1. The van der Waals surface area contributed by atoms with Crippen LogP contribution < -0.4 is 10.6 Å². The van der Waals surface area contributed by atoms with Crippen LogP contribution in [0.1, 0.15) is 49.8 Å². The molecule has 0 unspecified atom stereocenters. The smallest absolute Gasteiger partial charge is 0.401 e. The topological polar surface area (TPSA) is 57.5 Å². The van der Waals surface area contributed by atoms with Gasteiger partial charge in [0.1, 0.15) is 11.5 Å². The molecule has 1 aliphatic heterocycles. The van der Waals surface area contributed by atoms with Gasteiger partial charge in [-0.2, -0.15) is 13.2 Å². The number of hydrogen-bond donors (Lipinski definition) is 2. The molecule has 146 valence electrons. The van der Waals surface area contributed by atoms with Gasteiger partial charge in [0.15, 0.2) is 0 Å². The zero-order chi connectivity index (χ0) is 19.1. The molecule has 0 aromatic carbocycles. The molecule has 1 aromatic heterocycles. The number of likely N-dealkylation sites (tertiary alicyclic amines) is 1. The van der Waals surface area contributed by atoms with Crippen molar-refractivity contribution in [3.8, 4) is 0 Å². The molecule has 2 atom stereocenters. The number of fused-ring (bicyclic) bond motifs is 1. The number of aryl methyl sites for hydroxylation is 1. The third-order valence-electron chi connectivity index (χ3n) is 5.05. The summed E-state index contributed by atoms with van der Waals surface area (Å²) < 4.78 is 43.2. The number of amides is 2. The number of hydrogen-bond acceptors (Lipinski definition) is 3. The van der Waals surface area contributed by atoms with Gasteiger partial charge in [0, 0.05) is 31.1 Å². The van der Waals surface area contributed by atoms with E-state index in [0.717, 1.165) is 29.9 Å². The van der Waals surface area contributed by atoms with Crippen molar-refractivity contribution >= 4 is 6.03 Å². The zero-order valence-electron chi connectivity index (χ0n) is 15.4. The van der Waals surface area contributed by atoms with E-state index in [9.17, 15) is 18.0 Å². The highest BCUT2D eigenvalue weighted by Crippen LogP contribution is 2.41. The zero-order valence-corrected chi connectivity index (χ0v) is 15.4. The van der Waals surface area contributed by atoms with E-state index in [1.807, 2.05) is 13.0 Å². The Morgan fingerprint density at radius 3 is 2.81 bits per heavy atom. The van der Waals surface area contributed by atoms with E-state index >= 15 is 0 Å². The number of alkyl halides is 3. The van der Waals surface area contributed by atoms with Crippen molar-refractivity contribution in [2.24, 2.45) is 5.41 Å². The Balaban J connectivity index is 1.57. The van der Waals surface area contributed by atoms with Gasteiger partial charge in [0.05, 0.1) is 12.6 Å². The standard InChI is InChI=1S/C18H26F3N3O2/c1-11-6-13-14(7-17(2,3)8-15(13)26-11)23-16(25)22-12-4-5-24(9-12)10-18(19,20)21/h6,12,14H,4-5,7-10H2,1-3H3,(H2,22,23,25)/t12-,14-/m0/s1. The first-order valence-corrected chi connectivity index (χ1v) is 8.96. The number of nitrogens with one attached hydrogen (secondary N) is 2. The number of nitrogens with zero attached hydrogens (tertiary/aromatic N) is 1. The van der Waals surface area contributed by atoms with Gasteiger partial charge >= 0.3 is 12.2 Å². The Bertz CT molecular complexity index is 669. The second-order valence-electron chi connectivity index (χ2n) is 8.29. The van der Waals surface area contributed by atoms with E-state index in [1.54, 1.807) is 0 Å². The summed E-state index contributed by atoms with van der Waals surface area (Å²) in [6.07, 6.45) is -2.07. The van der Waals surface area contributed by atoms with Gasteiger partial charge in [0.2, 0.25) is 0 Å². The largest absolute Gasteiger partial charge is 0.466 e. The van der Waals surface area contributed by atoms with Gasteiger partial charge in [-0.1, -0.05) is 13.8 Å². The van der Waals surface area contributed by atoms with E-state index < -0.39 is 12.7 Å². The van der Waals surface area contributed by atoms with Gasteiger partial charge in [0.25, 0.3) is 0 Å². The highest BCUT2D eigenvalue weighted by molar-refractivity contribution is 5.75. The number of rotatable bonds is 3. The maximum Gasteiger partial charge on any atom is 0.401 e. The van der Waals surface area contributed by atoms with Gasteiger partial charge in [-0.3, -0.25) is 4.90 Å². The Morgan fingerprint density at radius 2 is 2.12 bits per heavy atom. The summed E-state index contributed by atoms with van der Waals surface area (Å²) in [5.74, 6) is 1.72. The molecule has 3 rings (SSSR count). The summed E-state index contributed by atoms with van der Waals surface area (Å²) in [4.78, 5) is 13.7. The number of carbonyl (C=O) groups excluding carboxylic acids is 1. The lowest BCUT2D eigenvalue weighted by atomic mass is 9.75. The van der Waals surface area contributed by atoms with Crippen LogP contribution in [0, 0.1) is 12.3 Å². The average molecular weight is 373 g/mol. The molecule has 0 radical (unpaired) electrons. The summed E-state index contributed by atoms with van der Waals surface area (Å²) in [5.41, 5.74) is 1.01. The number of carbonyl (C=O) groups is 1. The van der Waals surface area contributed by atoms with E-state index in [4.69, 9.17) is 4.42 Å². The van der Waals surface area contributed by atoms with E-state index in [2.05, 4.69) is 24.5 Å². The van der Waals surface area contributed by atoms with Gasteiger partial charge in [-0.15, -0.1) is 0 Å². The monoisotopic (exact) mass is 373 g/mol. The van der Waals surface area contributed by atoms with Crippen molar-refractivity contribution in [1.29, 1.82) is 0 Å². The van der Waals surface area contributed by atoms with Gasteiger partial charge < -0.3 is 15.1 Å². The maximum atomic E-state index is 12.5. The van der Waals surface area contributed by atoms with Crippen molar-refractivity contribution in [2.75, 3.05) is 19.6 Å². The third kappa shape index (κ3) is 4.72. The second kappa shape index (κ2) is 6.79.